The number of para-hydroxylation sites is 1. The Bertz CT molecular complexity index is 1060. The van der Waals surface area contributed by atoms with Gasteiger partial charge in [-0.2, -0.15) is 5.10 Å². The number of aromatic amines is 1. The van der Waals surface area contributed by atoms with Gasteiger partial charge in [-0.05, 0) is 31.0 Å². The van der Waals surface area contributed by atoms with Crippen molar-refractivity contribution in [1.82, 2.24) is 20.1 Å². The van der Waals surface area contributed by atoms with Gasteiger partial charge in [-0.3, -0.25) is 9.89 Å². The third-order valence-corrected chi connectivity index (χ3v) is 6.82. The number of carbonyl (C=O) groups excluding carboxylic acids is 1. The van der Waals surface area contributed by atoms with Crippen LogP contribution in [0.3, 0.4) is 0 Å². The van der Waals surface area contributed by atoms with Crippen LogP contribution in [0.5, 0.6) is 0 Å². The Morgan fingerprint density at radius 3 is 2.76 bits per heavy atom. The summed E-state index contributed by atoms with van der Waals surface area (Å²) in [6.07, 6.45) is 1.76. The molecule has 2 aromatic heterocycles. The summed E-state index contributed by atoms with van der Waals surface area (Å²) < 4.78 is 2.10. The number of nitrogens with zero attached hydrogens (tertiary/aromatic N) is 3. The van der Waals surface area contributed by atoms with Crippen molar-refractivity contribution in [1.29, 1.82) is 0 Å². The second-order valence-electron chi connectivity index (χ2n) is 6.80. The third kappa shape index (κ3) is 5.05. The summed E-state index contributed by atoms with van der Waals surface area (Å²) in [7, 11) is 1.86. The van der Waals surface area contributed by atoms with Crippen LogP contribution in [-0.2, 0) is 11.2 Å². The number of nitrogens with one attached hydrogen (secondary N) is 1. The number of hydrogen-bond donors (Lipinski definition) is 1. The van der Waals surface area contributed by atoms with Gasteiger partial charge < -0.3 is 4.90 Å². The monoisotopic (exact) mass is 422 g/mol. The molecule has 0 spiro atoms. The summed E-state index contributed by atoms with van der Waals surface area (Å²) in [5.41, 5.74) is 4.15. The molecule has 148 valence electrons. The number of thiazole rings is 1. The molecule has 1 amide bonds. The molecule has 7 heteroatoms. The van der Waals surface area contributed by atoms with Crippen molar-refractivity contribution >= 4 is 39.2 Å². The van der Waals surface area contributed by atoms with E-state index in [-0.39, 0.29) is 5.91 Å². The minimum Gasteiger partial charge on any atom is -0.345 e. The number of H-pyrrole nitrogens is 1. The van der Waals surface area contributed by atoms with E-state index in [1.807, 2.05) is 43.4 Å². The van der Waals surface area contributed by atoms with Crippen LogP contribution in [0.25, 0.3) is 21.5 Å². The predicted octanol–water partition coefficient (Wildman–Crippen LogP) is 4.87. The van der Waals surface area contributed by atoms with Crippen LogP contribution in [-0.4, -0.2) is 45.3 Å². The van der Waals surface area contributed by atoms with Gasteiger partial charge in [-0.1, -0.05) is 54.2 Å². The molecule has 0 saturated carbocycles. The van der Waals surface area contributed by atoms with Gasteiger partial charge in [0.1, 0.15) is 0 Å². The first-order valence-corrected chi connectivity index (χ1v) is 11.3. The molecule has 0 bridgehead atoms. The second-order valence-corrected chi connectivity index (χ2v) is 9.05. The van der Waals surface area contributed by atoms with E-state index in [1.54, 1.807) is 16.2 Å². The molecule has 0 radical (unpaired) electrons. The maximum Gasteiger partial charge on any atom is 0.232 e. The highest BCUT2D eigenvalue weighted by Gasteiger charge is 2.12. The zero-order valence-corrected chi connectivity index (χ0v) is 17.8. The van der Waals surface area contributed by atoms with Gasteiger partial charge in [0, 0.05) is 24.8 Å². The fourth-order valence-electron chi connectivity index (χ4n) is 3.02. The molecular formula is C22H22N4OS2. The highest BCUT2D eigenvalue weighted by atomic mass is 32.2. The van der Waals surface area contributed by atoms with Gasteiger partial charge in [-0.25, -0.2) is 4.98 Å². The molecule has 5 nitrogen and oxygen atoms in total. The summed E-state index contributed by atoms with van der Waals surface area (Å²) in [6, 6.07) is 20.3. The third-order valence-electron chi connectivity index (χ3n) is 4.66. The molecule has 0 aliphatic carbocycles. The van der Waals surface area contributed by atoms with Gasteiger partial charge in [0.2, 0.25) is 5.91 Å². The minimum atomic E-state index is 0.129. The fourth-order valence-corrected chi connectivity index (χ4v) is 5.03. The van der Waals surface area contributed by atoms with Crippen LogP contribution in [0.2, 0.25) is 0 Å². The second kappa shape index (κ2) is 9.24. The van der Waals surface area contributed by atoms with E-state index in [0.717, 1.165) is 50.9 Å². The Labute approximate surface area is 178 Å². The van der Waals surface area contributed by atoms with Crippen molar-refractivity contribution in [2.75, 3.05) is 19.3 Å². The molecule has 4 aromatic rings. The standard InChI is InChI=1S/C22H22N4OS2/c1-26(21(27)15-28-22-23-18-11-5-6-12-20(18)29-22)13-7-10-17-14-19(25-24-17)16-8-3-2-4-9-16/h2-6,8-9,11-12,14H,7,10,13,15H2,1H3,(H,24,25). The molecule has 0 unspecified atom stereocenters. The Hall–Kier alpha value is -2.64. The molecule has 2 aromatic carbocycles. The first-order chi connectivity index (χ1) is 14.2. The molecule has 0 aliphatic heterocycles. The average molecular weight is 423 g/mol. The van der Waals surface area contributed by atoms with E-state index >= 15 is 0 Å². The number of thioether (sulfide) groups is 1. The highest BCUT2D eigenvalue weighted by Crippen LogP contribution is 2.29. The van der Waals surface area contributed by atoms with Gasteiger partial charge in [0.15, 0.2) is 4.34 Å². The Morgan fingerprint density at radius 1 is 1.14 bits per heavy atom. The smallest absolute Gasteiger partial charge is 0.232 e. The number of carbonyl (C=O) groups is 1. The van der Waals surface area contributed by atoms with Gasteiger partial charge in [0.05, 0.1) is 21.7 Å². The van der Waals surface area contributed by atoms with Gasteiger partial charge >= 0.3 is 0 Å². The Balaban J connectivity index is 1.22. The number of rotatable bonds is 8. The summed E-state index contributed by atoms with van der Waals surface area (Å²) in [6.45, 7) is 0.721. The number of hydrogen-bond acceptors (Lipinski definition) is 5. The molecule has 0 aliphatic rings. The van der Waals surface area contributed by atoms with E-state index in [0.29, 0.717) is 5.75 Å². The van der Waals surface area contributed by atoms with E-state index in [4.69, 9.17) is 0 Å². The number of aromatic nitrogens is 3. The summed E-state index contributed by atoms with van der Waals surface area (Å²) in [4.78, 5) is 18.8. The van der Waals surface area contributed by atoms with Gasteiger partial charge in [-0.15, -0.1) is 11.3 Å². The van der Waals surface area contributed by atoms with Crippen molar-refractivity contribution in [2.45, 2.75) is 17.2 Å². The van der Waals surface area contributed by atoms with Crippen LogP contribution in [0.4, 0.5) is 0 Å². The maximum atomic E-state index is 12.4. The number of aryl methyl sites for hydroxylation is 1. The molecule has 2 heterocycles. The fraction of sp³-hybridized carbons (Fsp3) is 0.227. The van der Waals surface area contributed by atoms with Crippen molar-refractivity contribution in [3.05, 3.63) is 66.4 Å². The lowest BCUT2D eigenvalue weighted by atomic mass is 10.1. The first-order valence-electron chi connectivity index (χ1n) is 9.51. The normalized spacial score (nSPS) is 11.1. The Kier molecular flexibility index (Phi) is 6.27. The number of amides is 1. The molecule has 1 N–H and O–H groups in total. The molecule has 0 fully saturated rings. The molecular weight excluding hydrogens is 400 g/mol. The minimum absolute atomic E-state index is 0.129. The lowest BCUT2D eigenvalue weighted by Gasteiger charge is -2.16. The molecule has 0 saturated heterocycles. The first kappa shape index (κ1) is 19.7. The van der Waals surface area contributed by atoms with Crippen molar-refractivity contribution in [3.63, 3.8) is 0 Å². The van der Waals surface area contributed by atoms with Crippen LogP contribution < -0.4 is 0 Å². The average Bonchev–Trinajstić information content (AvgIpc) is 3.39. The highest BCUT2D eigenvalue weighted by molar-refractivity contribution is 8.01. The van der Waals surface area contributed by atoms with E-state index < -0.39 is 0 Å². The van der Waals surface area contributed by atoms with Crippen LogP contribution >= 0.6 is 23.1 Å². The number of benzene rings is 2. The zero-order valence-electron chi connectivity index (χ0n) is 16.2. The van der Waals surface area contributed by atoms with Crippen LogP contribution in [0.1, 0.15) is 12.1 Å². The van der Waals surface area contributed by atoms with E-state index in [2.05, 4.69) is 39.4 Å². The lowest BCUT2D eigenvalue weighted by molar-refractivity contribution is -0.127. The molecule has 29 heavy (non-hydrogen) atoms. The topological polar surface area (TPSA) is 61.9 Å². The SMILES string of the molecule is CN(CCCc1cc(-c2ccccc2)n[nH]1)C(=O)CSc1nc2ccccc2s1. The lowest BCUT2D eigenvalue weighted by Crippen LogP contribution is -2.29. The predicted molar refractivity (Wildman–Crippen MR) is 120 cm³/mol. The largest absolute Gasteiger partial charge is 0.345 e. The van der Waals surface area contributed by atoms with Gasteiger partial charge in [0.25, 0.3) is 0 Å². The van der Waals surface area contributed by atoms with Crippen LogP contribution in [0.15, 0.2) is 65.0 Å². The zero-order chi connectivity index (χ0) is 20.1. The van der Waals surface area contributed by atoms with E-state index in [9.17, 15) is 4.79 Å². The maximum absolute atomic E-state index is 12.4. The number of fused-ring (bicyclic) bond motifs is 1. The summed E-state index contributed by atoms with van der Waals surface area (Å²) >= 11 is 3.15. The van der Waals surface area contributed by atoms with Crippen molar-refractivity contribution in [3.8, 4) is 11.3 Å². The van der Waals surface area contributed by atoms with Crippen molar-refractivity contribution < 1.29 is 4.79 Å². The van der Waals surface area contributed by atoms with Crippen molar-refractivity contribution in [2.24, 2.45) is 0 Å². The summed E-state index contributed by atoms with van der Waals surface area (Å²) in [5.74, 6) is 0.544. The Morgan fingerprint density at radius 2 is 1.93 bits per heavy atom. The van der Waals surface area contributed by atoms with Crippen LogP contribution in [0, 0.1) is 0 Å². The molecule has 4 rings (SSSR count). The van der Waals surface area contributed by atoms with E-state index in [1.165, 1.54) is 11.8 Å². The summed E-state index contributed by atoms with van der Waals surface area (Å²) in [5, 5.41) is 7.49. The molecule has 0 atom stereocenters. The quantitative estimate of drug-likeness (QED) is 0.412.